The van der Waals surface area contributed by atoms with Crippen molar-refractivity contribution in [3.8, 4) is 11.5 Å². The molecule has 0 saturated carbocycles. The number of halogens is 1. The summed E-state index contributed by atoms with van der Waals surface area (Å²) in [4.78, 5) is 19.3. The lowest BCUT2D eigenvalue weighted by atomic mass is 10.3. The average Bonchev–Trinajstić information content (AvgIpc) is 2.60. The Morgan fingerprint density at radius 3 is 1.81 bits per heavy atom. The SMILES string of the molecule is COc1ccc(S(=O)(=O)Cl)cc1[N+](=O)[O-].COc1ccccc1[N+](=O)[O-]. The maximum Gasteiger partial charge on any atom is 0.312 e. The van der Waals surface area contributed by atoms with E-state index in [1.807, 2.05) is 0 Å². The summed E-state index contributed by atoms with van der Waals surface area (Å²) in [5, 5.41) is 20.9. The molecular weight excluding hydrogens is 392 g/mol. The Balaban J connectivity index is 0.000000273. The van der Waals surface area contributed by atoms with Crippen LogP contribution in [0, 0.1) is 20.2 Å². The fourth-order valence-corrected chi connectivity index (χ4v) is 2.52. The Kier molecular flexibility index (Phi) is 7.28. The van der Waals surface area contributed by atoms with E-state index >= 15 is 0 Å². The molecule has 0 aliphatic heterocycles. The summed E-state index contributed by atoms with van der Waals surface area (Å²) < 4.78 is 31.3. The third-order valence-corrected chi connectivity index (χ3v) is 4.26. The van der Waals surface area contributed by atoms with Gasteiger partial charge >= 0.3 is 11.4 Å². The monoisotopic (exact) mass is 404 g/mol. The number of rotatable bonds is 5. The fraction of sp³-hybridized carbons (Fsp3) is 0.143. The number of benzene rings is 2. The Morgan fingerprint density at radius 1 is 0.885 bits per heavy atom. The van der Waals surface area contributed by atoms with Gasteiger partial charge in [-0.2, -0.15) is 0 Å². The van der Waals surface area contributed by atoms with E-state index in [-0.39, 0.29) is 22.1 Å². The zero-order chi connectivity index (χ0) is 19.9. The molecule has 0 aliphatic rings. The first-order valence-electron chi connectivity index (χ1n) is 6.66. The van der Waals surface area contributed by atoms with Crippen molar-refractivity contribution in [1.29, 1.82) is 0 Å². The molecule has 0 radical (unpaired) electrons. The van der Waals surface area contributed by atoms with E-state index in [0.29, 0.717) is 0 Å². The van der Waals surface area contributed by atoms with Crippen LogP contribution in [0.1, 0.15) is 0 Å². The molecule has 140 valence electrons. The smallest absolute Gasteiger partial charge is 0.312 e. The van der Waals surface area contributed by atoms with E-state index in [1.165, 1.54) is 26.4 Å². The topological polar surface area (TPSA) is 139 Å². The molecule has 0 heterocycles. The summed E-state index contributed by atoms with van der Waals surface area (Å²) in [6.45, 7) is 0. The van der Waals surface area contributed by atoms with Gasteiger partial charge in [0.05, 0.1) is 29.0 Å². The van der Waals surface area contributed by atoms with Crippen molar-refractivity contribution < 1.29 is 27.7 Å². The van der Waals surface area contributed by atoms with Gasteiger partial charge in [-0.3, -0.25) is 20.2 Å². The van der Waals surface area contributed by atoms with Crippen molar-refractivity contribution in [2.45, 2.75) is 4.90 Å². The van der Waals surface area contributed by atoms with Crippen molar-refractivity contribution in [2.75, 3.05) is 14.2 Å². The Labute approximate surface area is 152 Å². The lowest BCUT2D eigenvalue weighted by molar-refractivity contribution is -0.386. The molecule has 0 aromatic heterocycles. The van der Waals surface area contributed by atoms with Crippen molar-refractivity contribution in [3.63, 3.8) is 0 Å². The molecular formula is C14H13ClN2O8S. The highest BCUT2D eigenvalue weighted by atomic mass is 35.7. The number of methoxy groups -OCH3 is 2. The number of para-hydroxylation sites is 2. The molecule has 0 fully saturated rings. The first-order chi connectivity index (χ1) is 12.1. The van der Waals surface area contributed by atoms with Crippen LogP contribution in [0.25, 0.3) is 0 Å². The van der Waals surface area contributed by atoms with Crippen molar-refractivity contribution in [1.82, 2.24) is 0 Å². The minimum atomic E-state index is -3.97. The largest absolute Gasteiger partial charge is 0.490 e. The Morgan fingerprint density at radius 2 is 1.38 bits per heavy atom. The van der Waals surface area contributed by atoms with Gasteiger partial charge in [0.1, 0.15) is 0 Å². The summed E-state index contributed by atoms with van der Waals surface area (Å²) >= 11 is 0. The van der Waals surface area contributed by atoms with Crippen LogP contribution in [0.15, 0.2) is 47.4 Å². The van der Waals surface area contributed by atoms with Crippen LogP contribution in [-0.2, 0) is 9.05 Å². The second-order valence-electron chi connectivity index (χ2n) is 4.46. The van der Waals surface area contributed by atoms with Crippen molar-refractivity contribution >= 4 is 31.1 Å². The van der Waals surface area contributed by atoms with Gasteiger partial charge in [0.15, 0.2) is 11.5 Å². The van der Waals surface area contributed by atoms with Gasteiger partial charge in [0, 0.05) is 22.8 Å². The molecule has 26 heavy (non-hydrogen) atoms. The number of nitro benzene ring substituents is 2. The number of hydrogen-bond donors (Lipinski definition) is 0. The molecule has 10 nitrogen and oxygen atoms in total. The predicted octanol–water partition coefficient (Wildman–Crippen LogP) is 3.13. The maximum atomic E-state index is 10.9. The minimum Gasteiger partial charge on any atom is -0.490 e. The van der Waals surface area contributed by atoms with E-state index in [9.17, 15) is 28.6 Å². The normalized spacial score (nSPS) is 10.3. The summed E-state index contributed by atoms with van der Waals surface area (Å²) in [7, 11) is 3.72. The number of nitro groups is 2. The average molecular weight is 405 g/mol. The lowest BCUT2D eigenvalue weighted by Gasteiger charge is -2.02. The second-order valence-corrected chi connectivity index (χ2v) is 7.02. The summed E-state index contributed by atoms with van der Waals surface area (Å²) in [6, 6.07) is 9.40. The Bertz CT molecular complexity index is 917. The highest BCUT2D eigenvalue weighted by molar-refractivity contribution is 8.13. The van der Waals surface area contributed by atoms with Gasteiger partial charge in [-0.25, -0.2) is 8.42 Å². The zero-order valence-electron chi connectivity index (χ0n) is 13.5. The van der Waals surface area contributed by atoms with Gasteiger partial charge in [-0.05, 0) is 18.2 Å². The summed E-state index contributed by atoms with van der Waals surface area (Å²) in [5.74, 6) is 0.265. The summed E-state index contributed by atoms with van der Waals surface area (Å²) in [6.07, 6.45) is 0. The van der Waals surface area contributed by atoms with Gasteiger partial charge in [-0.1, -0.05) is 12.1 Å². The molecule has 2 aromatic carbocycles. The molecule has 12 heteroatoms. The maximum absolute atomic E-state index is 10.9. The molecule has 0 N–H and O–H groups in total. The van der Waals surface area contributed by atoms with E-state index in [0.717, 1.165) is 12.1 Å². The lowest BCUT2D eigenvalue weighted by Crippen LogP contribution is -1.97. The van der Waals surface area contributed by atoms with Gasteiger partial charge in [-0.15, -0.1) is 0 Å². The van der Waals surface area contributed by atoms with Crippen molar-refractivity contribution in [2.24, 2.45) is 0 Å². The van der Waals surface area contributed by atoms with Crippen LogP contribution in [-0.4, -0.2) is 32.5 Å². The van der Waals surface area contributed by atoms with Crippen LogP contribution < -0.4 is 9.47 Å². The second kappa shape index (κ2) is 8.97. The van der Waals surface area contributed by atoms with Crippen LogP contribution in [0.5, 0.6) is 11.5 Å². The van der Waals surface area contributed by atoms with Crippen molar-refractivity contribution in [3.05, 3.63) is 62.7 Å². The fourth-order valence-electron chi connectivity index (χ4n) is 1.74. The zero-order valence-corrected chi connectivity index (χ0v) is 15.1. The van der Waals surface area contributed by atoms with Gasteiger partial charge in [0.2, 0.25) is 0 Å². The number of nitrogens with zero attached hydrogens (tertiary/aromatic N) is 2. The van der Waals surface area contributed by atoms with E-state index in [4.69, 9.17) is 20.2 Å². The molecule has 0 aliphatic carbocycles. The van der Waals surface area contributed by atoms with Crippen LogP contribution in [0.4, 0.5) is 11.4 Å². The third-order valence-electron chi connectivity index (χ3n) is 2.91. The molecule has 2 rings (SSSR count). The highest BCUT2D eigenvalue weighted by Gasteiger charge is 2.20. The molecule has 0 spiro atoms. The quantitative estimate of drug-likeness (QED) is 0.420. The number of hydrogen-bond acceptors (Lipinski definition) is 8. The molecule has 0 unspecified atom stereocenters. The van der Waals surface area contributed by atoms with E-state index in [1.54, 1.807) is 18.2 Å². The number of ether oxygens (including phenoxy) is 2. The molecule has 2 aromatic rings. The summed E-state index contributed by atoms with van der Waals surface area (Å²) in [5.41, 5.74) is -0.450. The minimum absolute atomic E-state index is 0.00463. The van der Waals surface area contributed by atoms with Crippen LogP contribution in [0.3, 0.4) is 0 Å². The predicted molar refractivity (Wildman–Crippen MR) is 92.3 cm³/mol. The molecule has 0 atom stereocenters. The standard InChI is InChI=1S/C7H6ClNO5S.C7H7NO3/c1-14-7-3-2-5(15(8,12)13)4-6(7)9(10)11;1-11-7-5-3-2-4-6(7)8(9)10/h2-4H,1H3;2-5H,1H3. The molecule has 0 saturated heterocycles. The van der Waals surface area contributed by atoms with Crippen LogP contribution >= 0.6 is 10.7 Å². The molecule has 0 bridgehead atoms. The first kappa shape index (κ1) is 21.1. The first-order valence-corrected chi connectivity index (χ1v) is 8.97. The van der Waals surface area contributed by atoms with E-state index in [2.05, 4.69) is 0 Å². The van der Waals surface area contributed by atoms with E-state index < -0.39 is 24.6 Å². The third kappa shape index (κ3) is 5.57. The Hall–Kier alpha value is -2.92. The van der Waals surface area contributed by atoms with Crippen LogP contribution in [0.2, 0.25) is 0 Å². The van der Waals surface area contributed by atoms with Gasteiger partial charge in [0.25, 0.3) is 9.05 Å². The molecule has 0 amide bonds. The highest BCUT2D eigenvalue weighted by Crippen LogP contribution is 2.30. The van der Waals surface area contributed by atoms with Gasteiger partial charge < -0.3 is 9.47 Å².